The van der Waals surface area contributed by atoms with Gasteiger partial charge in [0.2, 0.25) is 0 Å². The highest BCUT2D eigenvalue weighted by Crippen LogP contribution is 2.28. The van der Waals surface area contributed by atoms with Crippen molar-refractivity contribution in [2.45, 2.75) is 18.8 Å². The van der Waals surface area contributed by atoms with Gasteiger partial charge < -0.3 is 25.2 Å². The van der Waals surface area contributed by atoms with E-state index in [1.807, 2.05) is 30.3 Å². The zero-order valence-corrected chi connectivity index (χ0v) is 21.9. The lowest BCUT2D eigenvalue weighted by Gasteiger charge is -2.20. The lowest BCUT2D eigenvalue weighted by molar-refractivity contribution is -0.274. The highest BCUT2D eigenvalue weighted by molar-refractivity contribution is 5.94. The van der Waals surface area contributed by atoms with Crippen LogP contribution in [0.5, 0.6) is 11.5 Å². The number of benzene rings is 4. The monoisotopic (exact) mass is 578 g/mol. The Hall–Kier alpha value is -5.32. The minimum atomic E-state index is -4.87. The van der Waals surface area contributed by atoms with Crippen LogP contribution in [0.4, 0.5) is 18.9 Å². The molecule has 0 radical (unpaired) electrons. The number of carboxylic acids is 1. The molecule has 0 heterocycles. The van der Waals surface area contributed by atoms with Gasteiger partial charge in [0.25, 0.3) is 5.91 Å². The summed E-state index contributed by atoms with van der Waals surface area (Å²) in [5.74, 6) is -2.44. The maximum atomic E-state index is 13.3. The number of ether oxygens (including phenoxy) is 2. The lowest BCUT2D eigenvalue weighted by Crippen LogP contribution is -2.26. The summed E-state index contributed by atoms with van der Waals surface area (Å²) in [6, 6.07) is 26.1. The highest BCUT2D eigenvalue weighted by atomic mass is 19.4. The van der Waals surface area contributed by atoms with E-state index in [2.05, 4.69) is 15.4 Å². The van der Waals surface area contributed by atoms with Gasteiger partial charge in [-0.25, -0.2) is 4.79 Å². The van der Waals surface area contributed by atoms with E-state index >= 15 is 0 Å². The first kappa shape index (κ1) is 29.7. The van der Waals surface area contributed by atoms with Gasteiger partial charge in [0.05, 0.1) is 6.42 Å². The average molecular weight is 579 g/mol. The molecule has 4 aromatic rings. The van der Waals surface area contributed by atoms with Crippen molar-refractivity contribution in [2.24, 2.45) is 0 Å². The number of aliphatic carboxylic acids is 1. The van der Waals surface area contributed by atoms with Crippen molar-refractivity contribution < 1.29 is 42.1 Å². The molecule has 0 saturated heterocycles. The highest BCUT2D eigenvalue weighted by Gasteiger charge is 2.31. The Morgan fingerprint density at radius 2 is 1.36 bits per heavy atom. The van der Waals surface area contributed by atoms with Crippen molar-refractivity contribution in [2.75, 3.05) is 11.9 Å². The Kier molecular flexibility index (Phi) is 9.43. The average Bonchev–Trinajstić information content (AvgIpc) is 2.96. The van der Waals surface area contributed by atoms with Crippen LogP contribution in [0.1, 0.15) is 28.4 Å². The van der Waals surface area contributed by atoms with Crippen molar-refractivity contribution >= 4 is 23.5 Å². The molecule has 8 nitrogen and oxygen atoms in total. The lowest BCUT2D eigenvalue weighted by atomic mass is 10.1. The van der Waals surface area contributed by atoms with Crippen LogP contribution in [0.3, 0.4) is 0 Å². The fraction of sp³-hybridized carbons (Fsp3) is 0.129. The summed E-state index contributed by atoms with van der Waals surface area (Å²) in [7, 11) is 0. The normalized spacial score (nSPS) is 11.7. The first-order chi connectivity index (χ1) is 20.1. The van der Waals surface area contributed by atoms with Crippen LogP contribution in [0.2, 0.25) is 0 Å². The molecule has 4 rings (SSSR count). The van der Waals surface area contributed by atoms with E-state index in [1.165, 1.54) is 36.4 Å². The molecule has 0 aliphatic heterocycles. The molecule has 0 fully saturated rings. The van der Waals surface area contributed by atoms with Gasteiger partial charge in [-0.05, 0) is 65.2 Å². The molecule has 1 amide bonds. The number of hydrogen-bond donors (Lipinski definition) is 3. The number of nitrogens with one attached hydrogen (secondary N) is 2. The van der Waals surface area contributed by atoms with Crippen LogP contribution < -0.4 is 20.1 Å². The second-order valence-electron chi connectivity index (χ2n) is 8.98. The van der Waals surface area contributed by atoms with Crippen LogP contribution >= 0.6 is 0 Å². The molecule has 1 atom stereocenters. The minimum Gasteiger partial charge on any atom is -0.481 e. The van der Waals surface area contributed by atoms with Gasteiger partial charge >= 0.3 is 18.3 Å². The SMILES string of the molecule is O=C(O)CCNC(=O)c1ccc(NC(C(=O)Oc2ccc(-c3ccccc3)cc2)c2ccc(OC(F)(F)F)cc2)cc1. The summed E-state index contributed by atoms with van der Waals surface area (Å²) in [5.41, 5.74) is 2.87. The van der Waals surface area contributed by atoms with E-state index in [-0.39, 0.29) is 24.3 Å². The van der Waals surface area contributed by atoms with E-state index < -0.39 is 36.0 Å². The second-order valence-corrected chi connectivity index (χ2v) is 8.98. The van der Waals surface area contributed by atoms with Gasteiger partial charge in [-0.3, -0.25) is 9.59 Å². The third kappa shape index (κ3) is 8.59. The predicted octanol–water partition coefficient (Wildman–Crippen LogP) is 6.22. The van der Waals surface area contributed by atoms with Crippen LogP contribution in [0.25, 0.3) is 11.1 Å². The van der Waals surface area contributed by atoms with Crippen LogP contribution in [-0.4, -0.2) is 35.9 Å². The Labute approximate surface area is 238 Å². The van der Waals surface area contributed by atoms with Gasteiger partial charge in [0, 0.05) is 17.8 Å². The Balaban J connectivity index is 1.52. The number of hydrogen-bond acceptors (Lipinski definition) is 6. The molecule has 4 aromatic carbocycles. The van der Waals surface area contributed by atoms with Crippen molar-refractivity contribution in [3.05, 3.63) is 114 Å². The molecule has 3 N–H and O–H groups in total. The molecule has 1 unspecified atom stereocenters. The first-order valence-corrected chi connectivity index (χ1v) is 12.7. The molecule has 216 valence electrons. The predicted molar refractivity (Wildman–Crippen MR) is 148 cm³/mol. The van der Waals surface area contributed by atoms with Gasteiger partial charge in [-0.15, -0.1) is 13.2 Å². The fourth-order valence-corrected chi connectivity index (χ4v) is 3.93. The Bertz CT molecular complexity index is 1510. The third-order valence-corrected chi connectivity index (χ3v) is 5.95. The zero-order chi connectivity index (χ0) is 30.1. The number of carbonyl (C=O) groups excluding carboxylic acids is 2. The first-order valence-electron chi connectivity index (χ1n) is 12.7. The van der Waals surface area contributed by atoms with E-state index in [4.69, 9.17) is 9.84 Å². The smallest absolute Gasteiger partial charge is 0.481 e. The topological polar surface area (TPSA) is 114 Å². The van der Waals surface area contributed by atoms with Gasteiger partial charge in [-0.1, -0.05) is 54.6 Å². The number of rotatable bonds is 11. The molecule has 0 aliphatic rings. The molecule has 11 heteroatoms. The molecule has 42 heavy (non-hydrogen) atoms. The van der Waals surface area contributed by atoms with Crippen molar-refractivity contribution in [3.8, 4) is 22.6 Å². The third-order valence-electron chi connectivity index (χ3n) is 5.95. The molecule has 0 saturated carbocycles. The standard InChI is InChI=1S/C31H25F3N2O6/c32-31(33,34)42-26-16-10-22(11-17-26)28(36-24-12-6-23(7-13-24)29(39)35-19-18-27(37)38)30(40)41-25-14-8-21(9-15-25)20-4-2-1-3-5-20/h1-17,28,36H,18-19H2,(H,35,39)(H,37,38). The number of alkyl halides is 3. The number of carbonyl (C=O) groups is 3. The Morgan fingerprint density at radius 1 is 0.762 bits per heavy atom. The van der Waals surface area contributed by atoms with Gasteiger partial charge in [0.15, 0.2) is 6.04 Å². The molecular weight excluding hydrogens is 553 g/mol. The summed E-state index contributed by atoms with van der Waals surface area (Å²) in [6.07, 6.45) is -5.09. The van der Waals surface area contributed by atoms with E-state index in [0.29, 0.717) is 11.3 Å². The van der Waals surface area contributed by atoms with E-state index in [0.717, 1.165) is 23.3 Å². The zero-order valence-electron chi connectivity index (χ0n) is 21.9. The molecule has 0 aromatic heterocycles. The van der Waals surface area contributed by atoms with E-state index in [9.17, 15) is 27.6 Å². The number of esters is 1. The van der Waals surface area contributed by atoms with Crippen molar-refractivity contribution in [1.82, 2.24) is 5.32 Å². The summed E-state index contributed by atoms with van der Waals surface area (Å²) in [5, 5.41) is 14.2. The number of anilines is 1. The number of amides is 1. The summed E-state index contributed by atoms with van der Waals surface area (Å²) in [4.78, 5) is 36.2. The molecule has 0 bridgehead atoms. The van der Waals surface area contributed by atoms with Crippen LogP contribution in [-0.2, 0) is 9.59 Å². The van der Waals surface area contributed by atoms with Crippen molar-refractivity contribution in [3.63, 3.8) is 0 Å². The molecular formula is C31H25F3N2O6. The quantitative estimate of drug-likeness (QED) is 0.143. The maximum Gasteiger partial charge on any atom is 0.573 e. The minimum absolute atomic E-state index is 0.0392. The van der Waals surface area contributed by atoms with Crippen LogP contribution in [0, 0.1) is 0 Å². The van der Waals surface area contributed by atoms with Gasteiger partial charge in [0.1, 0.15) is 11.5 Å². The van der Waals surface area contributed by atoms with Gasteiger partial charge in [-0.2, -0.15) is 0 Å². The largest absolute Gasteiger partial charge is 0.573 e. The maximum absolute atomic E-state index is 13.3. The van der Waals surface area contributed by atoms with Crippen LogP contribution in [0.15, 0.2) is 103 Å². The number of carboxylic acid groups (broad SMARTS) is 1. The number of halogens is 3. The molecule has 0 aliphatic carbocycles. The molecule has 0 spiro atoms. The van der Waals surface area contributed by atoms with Crippen molar-refractivity contribution in [1.29, 1.82) is 0 Å². The summed E-state index contributed by atoms with van der Waals surface area (Å²) in [6.45, 7) is -0.0392. The summed E-state index contributed by atoms with van der Waals surface area (Å²) < 4.78 is 47.4. The fourth-order valence-electron chi connectivity index (χ4n) is 3.93. The Morgan fingerprint density at radius 3 is 1.95 bits per heavy atom. The van der Waals surface area contributed by atoms with E-state index in [1.54, 1.807) is 24.3 Å². The second kappa shape index (κ2) is 13.4. The summed E-state index contributed by atoms with van der Waals surface area (Å²) >= 11 is 0.